The van der Waals surface area contributed by atoms with Crippen LogP contribution in [0.1, 0.15) is 165 Å². The highest BCUT2D eigenvalue weighted by molar-refractivity contribution is 5.84. The number of esters is 3. The summed E-state index contributed by atoms with van der Waals surface area (Å²) in [5.41, 5.74) is -3.34. The molecule has 0 amide bonds. The molecule has 0 spiro atoms. The molecule has 0 aromatic heterocycles. The van der Waals surface area contributed by atoms with Crippen molar-refractivity contribution in [1.82, 2.24) is 0 Å². The van der Waals surface area contributed by atoms with Crippen LogP contribution in [0.5, 0.6) is 0 Å². The van der Waals surface area contributed by atoms with Crippen LogP contribution in [-0.2, 0) is 38.1 Å². The summed E-state index contributed by atoms with van der Waals surface area (Å²) in [6, 6.07) is 0. The van der Waals surface area contributed by atoms with E-state index in [1.807, 2.05) is 48.5 Å². The molecule has 0 aromatic carbocycles. The molecule has 10 rings (SSSR count). The topological polar surface area (TPSA) is 146 Å². The Bertz CT molecular complexity index is 1550. The fourth-order valence-electron chi connectivity index (χ4n) is 13.5. The van der Waals surface area contributed by atoms with E-state index in [0.29, 0.717) is 37.0 Å². The van der Waals surface area contributed by atoms with E-state index >= 15 is 0 Å². The summed E-state index contributed by atoms with van der Waals surface area (Å²) >= 11 is 0. The Morgan fingerprint density at radius 3 is 2.02 bits per heavy atom. The van der Waals surface area contributed by atoms with Crippen LogP contribution in [-0.4, -0.2) is 75.1 Å². The van der Waals surface area contributed by atoms with Crippen LogP contribution in [0, 0.1) is 64.1 Å². The van der Waals surface area contributed by atoms with Crippen molar-refractivity contribution >= 4 is 23.7 Å². The Kier molecular flexibility index (Phi) is 11.4. The van der Waals surface area contributed by atoms with Crippen molar-refractivity contribution in [1.29, 1.82) is 0 Å². The Morgan fingerprint density at radius 1 is 0.807 bits per heavy atom. The summed E-state index contributed by atoms with van der Waals surface area (Å²) in [5.74, 6) is 4.25. The van der Waals surface area contributed by atoms with Crippen LogP contribution in [0.15, 0.2) is 0 Å². The van der Waals surface area contributed by atoms with Gasteiger partial charge in [0.2, 0.25) is 0 Å². The molecule has 57 heavy (non-hydrogen) atoms. The maximum absolute atomic E-state index is 12.4. The molecular formula is C47H74O10. The number of aliphatic hydroxyl groups is 2. The maximum Gasteiger partial charge on any atom is 0.312 e. The van der Waals surface area contributed by atoms with Gasteiger partial charge in [0.15, 0.2) is 5.78 Å². The second-order valence-corrected chi connectivity index (χ2v) is 22.2. The molecule has 0 radical (unpaired) electrons. The second kappa shape index (κ2) is 15.1. The van der Waals surface area contributed by atoms with Crippen molar-refractivity contribution < 1.29 is 48.3 Å². The summed E-state index contributed by atoms with van der Waals surface area (Å²) in [6.45, 7) is 18.1. The van der Waals surface area contributed by atoms with E-state index in [2.05, 4.69) is 13.8 Å². The van der Waals surface area contributed by atoms with Crippen LogP contribution in [0.4, 0.5) is 0 Å². The first kappa shape index (κ1) is 43.1. The Balaban J connectivity index is 0.000000131. The van der Waals surface area contributed by atoms with E-state index in [-0.39, 0.29) is 71.3 Å². The molecule has 1 saturated heterocycles. The fraction of sp³-hybridized carbons (Fsp3) is 0.915. The van der Waals surface area contributed by atoms with Gasteiger partial charge in [-0.1, -0.05) is 34.1 Å². The zero-order valence-corrected chi connectivity index (χ0v) is 36.5. The monoisotopic (exact) mass is 799 g/mol. The van der Waals surface area contributed by atoms with Crippen LogP contribution in [0.25, 0.3) is 0 Å². The van der Waals surface area contributed by atoms with Crippen LogP contribution < -0.4 is 0 Å². The van der Waals surface area contributed by atoms with Gasteiger partial charge in [-0.2, -0.15) is 0 Å². The summed E-state index contributed by atoms with van der Waals surface area (Å²) in [7, 11) is 0. The van der Waals surface area contributed by atoms with Gasteiger partial charge in [-0.05, 0) is 147 Å². The standard InChI is InChI=1S/C17H28O2.C16H26O4.C14H20O4/c1-5-16(2,3)15(18)19-17(4)10-11-9-14(17)13-8-6-7-12(11)13;1-4-13(2,3)12(17)20-16-7-11-5-14(18,9-16)8-15(19,6-11)10-16;1-3-7(2)14(16)18-12-8-4-9-10(5-8)13(12)17-6-11(9)15/h11-14H,5-10H2,1-4H3;11,18-19H,4-10H2,1-3H3;7-10,12-13H,3-6H2,1-2H3. The minimum Gasteiger partial charge on any atom is -0.459 e. The van der Waals surface area contributed by atoms with E-state index in [4.69, 9.17) is 18.9 Å². The van der Waals surface area contributed by atoms with Gasteiger partial charge < -0.3 is 29.2 Å². The lowest BCUT2D eigenvalue weighted by Gasteiger charge is -2.62. The van der Waals surface area contributed by atoms with Gasteiger partial charge in [-0.3, -0.25) is 19.2 Å². The molecule has 13 unspecified atom stereocenters. The zero-order valence-electron chi connectivity index (χ0n) is 36.5. The van der Waals surface area contributed by atoms with E-state index in [0.717, 1.165) is 75.5 Å². The quantitative estimate of drug-likeness (QED) is 0.174. The predicted molar refractivity (Wildman–Crippen MR) is 213 cm³/mol. The van der Waals surface area contributed by atoms with Gasteiger partial charge >= 0.3 is 17.9 Å². The fourth-order valence-corrected chi connectivity index (χ4v) is 13.5. The van der Waals surface area contributed by atoms with Gasteiger partial charge in [-0.15, -0.1) is 0 Å². The number of hydrogen-bond donors (Lipinski definition) is 2. The molecule has 8 bridgehead atoms. The summed E-state index contributed by atoms with van der Waals surface area (Å²) in [6.07, 6.45) is 14.4. The molecule has 9 saturated carbocycles. The number of fused-ring (bicyclic) bond motifs is 6. The highest BCUT2D eigenvalue weighted by Gasteiger charge is 2.65. The normalized spacial score (nSPS) is 44.7. The van der Waals surface area contributed by atoms with Crippen LogP contribution in [0.2, 0.25) is 0 Å². The smallest absolute Gasteiger partial charge is 0.312 e. The number of Topliss-reactive ketones (excluding diaryl/α,β-unsaturated/α-hetero) is 1. The molecule has 9 aliphatic carbocycles. The van der Waals surface area contributed by atoms with E-state index in [1.165, 1.54) is 25.7 Å². The van der Waals surface area contributed by atoms with E-state index in [9.17, 15) is 29.4 Å². The first-order valence-electron chi connectivity index (χ1n) is 22.8. The average Bonchev–Trinajstić information content (AvgIpc) is 3.95. The lowest BCUT2D eigenvalue weighted by molar-refractivity contribution is -0.264. The summed E-state index contributed by atoms with van der Waals surface area (Å²) in [5, 5.41) is 21.3. The molecule has 1 heterocycles. The van der Waals surface area contributed by atoms with Gasteiger partial charge in [0.05, 0.1) is 34.1 Å². The Hall–Kier alpha value is -2.04. The molecule has 10 heteroatoms. The maximum atomic E-state index is 12.4. The zero-order chi connectivity index (χ0) is 41.5. The van der Waals surface area contributed by atoms with Crippen molar-refractivity contribution in [2.24, 2.45) is 64.1 Å². The molecule has 13 atom stereocenters. The largest absolute Gasteiger partial charge is 0.459 e. The second-order valence-electron chi connectivity index (χ2n) is 22.2. The minimum absolute atomic E-state index is 0.0135. The van der Waals surface area contributed by atoms with Crippen LogP contribution in [0.3, 0.4) is 0 Å². The van der Waals surface area contributed by atoms with Gasteiger partial charge in [0.1, 0.15) is 23.9 Å². The molecule has 10 nitrogen and oxygen atoms in total. The molecule has 1 aliphatic heterocycles. The van der Waals surface area contributed by atoms with Crippen LogP contribution >= 0.6 is 0 Å². The predicted octanol–water partition coefficient (Wildman–Crippen LogP) is 7.91. The molecular weight excluding hydrogens is 725 g/mol. The molecule has 0 aromatic rings. The van der Waals surface area contributed by atoms with E-state index < -0.39 is 22.2 Å². The van der Waals surface area contributed by atoms with Crippen molar-refractivity contribution in [2.45, 2.75) is 200 Å². The Morgan fingerprint density at radius 2 is 1.42 bits per heavy atom. The number of carbonyl (C=O) groups excluding carboxylic acids is 4. The lowest BCUT2D eigenvalue weighted by atomic mass is 9.50. The van der Waals surface area contributed by atoms with Crippen molar-refractivity contribution in [2.75, 3.05) is 6.61 Å². The van der Waals surface area contributed by atoms with Gasteiger partial charge in [-0.25, -0.2) is 0 Å². The van der Waals surface area contributed by atoms with Gasteiger partial charge in [0.25, 0.3) is 0 Å². The first-order chi connectivity index (χ1) is 26.6. The van der Waals surface area contributed by atoms with Crippen molar-refractivity contribution in [3.05, 3.63) is 0 Å². The lowest BCUT2D eigenvalue weighted by Crippen LogP contribution is -2.67. The molecule has 322 valence electrons. The number of ether oxygens (including phenoxy) is 4. The SMILES string of the molecule is CCC(C)(C)C(=O)OC1(C)CC2CC1C1CCCC21.CCC(C)(C)C(=O)OC12CC3CC(O)(CC(O)(C3)C1)C2.CCC(C)C(=O)OC1C2CC3C(=O)COC1C3C2. The van der Waals surface area contributed by atoms with Crippen molar-refractivity contribution in [3.63, 3.8) is 0 Å². The average molecular weight is 799 g/mol. The van der Waals surface area contributed by atoms with E-state index in [1.54, 1.807) is 0 Å². The summed E-state index contributed by atoms with van der Waals surface area (Å²) in [4.78, 5) is 48.4. The van der Waals surface area contributed by atoms with Gasteiger partial charge in [0, 0.05) is 31.1 Å². The third kappa shape index (κ3) is 8.00. The molecule has 2 N–H and O–H groups in total. The minimum atomic E-state index is -0.842. The highest BCUT2D eigenvalue weighted by atomic mass is 16.6. The number of carbonyl (C=O) groups is 4. The third-order valence-corrected chi connectivity index (χ3v) is 17.2. The summed E-state index contributed by atoms with van der Waals surface area (Å²) < 4.78 is 23.2. The molecule has 10 fully saturated rings. The Labute approximate surface area is 341 Å². The number of ketones is 1. The number of rotatable bonds is 9. The highest BCUT2D eigenvalue weighted by Crippen LogP contribution is 2.64. The number of hydrogen-bond acceptors (Lipinski definition) is 10. The van der Waals surface area contributed by atoms with Crippen molar-refractivity contribution in [3.8, 4) is 0 Å². The molecule has 10 aliphatic rings. The third-order valence-electron chi connectivity index (χ3n) is 17.2. The first-order valence-corrected chi connectivity index (χ1v) is 22.8.